The van der Waals surface area contributed by atoms with E-state index in [9.17, 15) is 16.8 Å². The van der Waals surface area contributed by atoms with Gasteiger partial charge >= 0.3 is 0 Å². The number of hydrogen-bond donors (Lipinski definition) is 3. The number of nitrogens with one attached hydrogen (secondary N) is 2. The zero-order valence-electron chi connectivity index (χ0n) is 18.7. The fourth-order valence-electron chi connectivity index (χ4n) is 3.61. The van der Waals surface area contributed by atoms with E-state index in [2.05, 4.69) is 9.44 Å². The number of thiol groups is 1. The molecule has 0 aliphatic rings. The number of sulfonamides is 1. The fraction of sp³-hybridized carbons (Fsp3) is 0.208. The van der Waals surface area contributed by atoms with Gasteiger partial charge in [0.05, 0.1) is 22.4 Å². The number of thiophene rings is 1. The summed E-state index contributed by atoms with van der Waals surface area (Å²) in [7, 11) is -6.31. The van der Waals surface area contributed by atoms with E-state index in [1.165, 1.54) is 11.3 Å². The van der Waals surface area contributed by atoms with E-state index in [1.54, 1.807) is 35.6 Å². The molecular weight excluding hydrogens is 523 g/mol. The lowest BCUT2D eigenvalue weighted by atomic mass is 10.0. The molecule has 35 heavy (non-hydrogen) atoms. The van der Waals surface area contributed by atoms with E-state index in [4.69, 9.17) is 4.98 Å². The molecule has 0 bridgehead atoms. The highest BCUT2D eigenvalue weighted by Crippen LogP contribution is 2.31. The molecule has 0 saturated carbocycles. The average Bonchev–Trinajstić information content (AvgIpc) is 3.52. The Balaban J connectivity index is 1.50. The molecule has 11 heteroatoms. The van der Waals surface area contributed by atoms with Crippen molar-refractivity contribution in [1.82, 2.24) is 9.71 Å². The van der Waals surface area contributed by atoms with Crippen molar-refractivity contribution in [3.05, 3.63) is 94.3 Å². The summed E-state index contributed by atoms with van der Waals surface area (Å²) in [4.78, 5) is 5.76. The zero-order chi connectivity index (χ0) is 24.7. The third-order valence-corrected chi connectivity index (χ3v) is 9.08. The number of benzene rings is 2. The van der Waals surface area contributed by atoms with Crippen LogP contribution in [0.4, 0.5) is 5.69 Å². The minimum Gasteiger partial charge on any atom is -0.286 e. The molecule has 2 N–H and O–H groups in total. The summed E-state index contributed by atoms with van der Waals surface area (Å²) >= 11 is 3.07. The molecule has 0 saturated heterocycles. The van der Waals surface area contributed by atoms with Crippen molar-refractivity contribution in [2.24, 2.45) is 0 Å². The standard InChI is InChI=1S/C24H25N3O4S4/c28-34(29)26-20-12-10-19(11-13-20)16-21(22-17-33-24(25-22)23-9-4-14-32-23)27-35(30,31)15-5-8-18-6-2-1-3-7-18/h1-4,6-7,9-14,17,21,27,34H,5,8,15-16H2,(H,26,28,29)/t21-/m0/s1. The molecule has 1 atom stereocenters. The molecular formula is C24H25N3O4S4. The molecule has 4 aromatic rings. The van der Waals surface area contributed by atoms with Crippen molar-refractivity contribution in [3.63, 3.8) is 0 Å². The van der Waals surface area contributed by atoms with Gasteiger partial charge in [-0.05, 0) is 54.0 Å². The molecule has 0 amide bonds. The summed E-state index contributed by atoms with van der Waals surface area (Å²) in [6.45, 7) is 0. The maximum atomic E-state index is 13.0. The van der Waals surface area contributed by atoms with Gasteiger partial charge in [0.1, 0.15) is 5.01 Å². The van der Waals surface area contributed by atoms with Gasteiger partial charge in [0, 0.05) is 11.1 Å². The summed E-state index contributed by atoms with van der Waals surface area (Å²) in [6.07, 6.45) is 1.58. The van der Waals surface area contributed by atoms with Gasteiger partial charge < -0.3 is 0 Å². The summed E-state index contributed by atoms with van der Waals surface area (Å²) in [5.41, 5.74) is 3.08. The second-order valence-electron chi connectivity index (χ2n) is 7.90. The monoisotopic (exact) mass is 547 g/mol. The zero-order valence-corrected chi connectivity index (χ0v) is 22.0. The van der Waals surface area contributed by atoms with Crippen LogP contribution in [0.15, 0.2) is 77.5 Å². The topological polar surface area (TPSA) is 105 Å². The molecule has 0 spiro atoms. The molecule has 0 aliphatic carbocycles. The van der Waals surface area contributed by atoms with E-state index in [0.717, 1.165) is 21.0 Å². The Labute approximate surface area is 215 Å². The maximum Gasteiger partial charge on any atom is 0.222 e. The molecule has 2 heterocycles. The van der Waals surface area contributed by atoms with Crippen LogP contribution in [0.2, 0.25) is 0 Å². The van der Waals surface area contributed by atoms with E-state index < -0.39 is 27.0 Å². The van der Waals surface area contributed by atoms with Crippen molar-refractivity contribution in [2.75, 3.05) is 10.5 Å². The number of nitrogens with zero attached hydrogens (tertiary/aromatic N) is 1. The van der Waals surface area contributed by atoms with Gasteiger partial charge in [0.2, 0.25) is 20.9 Å². The minimum atomic E-state index is -3.56. The van der Waals surface area contributed by atoms with Crippen LogP contribution in [0.1, 0.15) is 29.3 Å². The quantitative estimate of drug-likeness (QED) is 0.224. The van der Waals surface area contributed by atoms with E-state index in [1.807, 2.05) is 53.2 Å². The van der Waals surface area contributed by atoms with E-state index in [-0.39, 0.29) is 5.75 Å². The number of hydrogen-bond acceptors (Lipinski definition) is 7. The number of aromatic nitrogens is 1. The van der Waals surface area contributed by atoms with Crippen LogP contribution < -0.4 is 9.44 Å². The first-order valence-electron chi connectivity index (χ1n) is 10.9. The number of thiazole rings is 1. The molecule has 0 unspecified atom stereocenters. The maximum absolute atomic E-state index is 13.0. The van der Waals surface area contributed by atoms with Gasteiger partial charge in [-0.3, -0.25) is 4.72 Å². The van der Waals surface area contributed by atoms with Crippen molar-refractivity contribution in [3.8, 4) is 9.88 Å². The summed E-state index contributed by atoms with van der Waals surface area (Å²) in [5.74, 6) is 0.0136. The highest BCUT2D eigenvalue weighted by molar-refractivity contribution is 7.89. The molecule has 0 aliphatic heterocycles. The lowest BCUT2D eigenvalue weighted by Crippen LogP contribution is -2.32. The van der Waals surface area contributed by atoms with Crippen LogP contribution in [-0.2, 0) is 33.8 Å². The van der Waals surface area contributed by atoms with Gasteiger partial charge in [-0.2, -0.15) is 0 Å². The van der Waals surface area contributed by atoms with Gasteiger partial charge in [0.25, 0.3) is 0 Å². The fourth-order valence-corrected chi connectivity index (χ4v) is 6.94. The first kappa shape index (κ1) is 25.5. The third kappa shape index (κ3) is 7.71. The number of aryl methyl sites for hydroxylation is 1. The van der Waals surface area contributed by atoms with Gasteiger partial charge in [0.15, 0.2) is 0 Å². The summed E-state index contributed by atoms with van der Waals surface area (Å²) in [5, 5.41) is 4.72. The van der Waals surface area contributed by atoms with Crippen LogP contribution in [0.25, 0.3) is 9.88 Å². The van der Waals surface area contributed by atoms with Crippen molar-refractivity contribution < 1.29 is 16.8 Å². The molecule has 0 radical (unpaired) electrons. The van der Waals surface area contributed by atoms with E-state index in [0.29, 0.717) is 30.6 Å². The average molecular weight is 548 g/mol. The Morgan fingerprint density at radius 3 is 2.37 bits per heavy atom. The Hall–Kier alpha value is -2.57. The lowest BCUT2D eigenvalue weighted by molar-refractivity contribution is 0.549. The molecule has 2 aromatic carbocycles. The summed E-state index contributed by atoms with van der Waals surface area (Å²) in [6, 6.07) is 20.1. The third-order valence-electron chi connectivity index (χ3n) is 5.27. The van der Waals surface area contributed by atoms with Gasteiger partial charge in [-0.1, -0.05) is 48.5 Å². The van der Waals surface area contributed by atoms with Crippen LogP contribution >= 0.6 is 22.7 Å². The van der Waals surface area contributed by atoms with Crippen molar-refractivity contribution in [1.29, 1.82) is 0 Å². The minimum absolute atomic E-state index is 0.0136. The lowest BCUT2D eigenvalue weighted by Gasteiger charge is -2.18. The van der Waals surface area contributed by atoms with Gasteiger partial charge in [-0.15, -0.1) is 22.7 Å². The molecule has 2 aromatic heterocycles. The first-order chi connectivity index (χ1) is 16.9. The Morgan fingerprint density at radius 1 is 0.914 bits per heavy atom. The predicted octanol–water partition coefficient (Wildman–Crippen LogP) is 4.65. The van der Waals surface area contributed by atoms with Crippen LogP contribution in [-0.4, -0.2) is 27.6 Å². The Kier molecular flexibility index (Phi) is 8.69. The molecule has 7 nitrogen and oxygen atoms in total. The smallest absolute Gasteiger partial charge is 0.222 e. The largest absolute Gasteiger partial charge is 0.286 e. The molecule has 4 rings (SSSR count). The van der Waals surface area contributed by atoms with Crippen LogP contribution in [0.3, 0.4) is 0 Å². The highest BCUT2D eigenvalue weighted by atomic mass is 32.2. The second kappa shape index (κ2) is 11.9. The number of rotatable bonds is 12. The van der Waals surface area contributed by atoms with E-state index >= 15 is 0 Å². The highest BCUT2D eigenvalue weighted by Gasteiger charge is 2.23. The first-order valence-corrected chi connectivity index (χ1v) is 15.5. The second-order valence-corrected chi connectivity index (χ2v) is 12.3. The van der Waals surface area contributed by atoms with Crippen molar-refractivity contribution in [2.45, 2.75) is 25.3 Å². The normalized spacial score (nSPS) is 12.6. The molecule has 0 fully saturated rings. The SMILES string of the molecule is O=[SH](=O)Nc1ccc(C[C@H](NS(=O)(=O)CCCc2ccccc2)c2csc(-c3cccs3)n2)cc1. The van der Waals surface area contributed by atoms with Crippen LogP contribution in [0, 0.1) is 0 Å². The predicted molar refractivity (Wildman–Crippen MR) is 144 cm³/mol. The number of anilines is 1. The van der Waals surface area contributed by atoms with Gasteiger partial charge in [-0.25, -0.2) is 26.5 Å². The Bertz CT molecular complexity index is 1390. The Morgan fingerprint density at radius 2 is 1.69 bits per heavy atom. The van der Waals surface area contributed by atoms with Crippen molar-refractivity contribution >= 4 is 49.3 Å². The summed E-state index contributed by atoms with van der Waals surface area (Å²) < 4.78 is 53.0. The molecule has 184 valence electrons. The van der Waals surface area contributed by atoms with Crippen LogP contribution in [0.5, 0.6) is 0 Å².